The molecule has 2 rings (SSSR count). The maximum absolute atomic E-state index is 6.03. The third-order valence-corrected chi connectivity index (χ3v) is 3.88. The van der Waals surface area contributed by atoms with E-state index >= 15 is 0 Å². The van der Waals surface area contributed by atoms with Crippen molar-refractivity contribution in [3.63, 3.8) is 0 Å². The number of aromatic nitrogens is 2. The molecule has 0 saturated carbocycles. The largest absolute Gasteiger partial charge is 0.305 e. The van der Waals surface area contributed by atoms with Gasteiger partial charge in [-0.1, -0.05) is 29.3 Å². The summed E-state index contributed by atoms with van der Waals surface area (Å²) in [5.74, 6) is 0. The van der Waals surface area contributed by atoms with Crippen molar-refractivity contribution in [1.29, 1.82) is 0 Å². The molecule has 1 heterocycles. The van der Waals surface area contributed by atoms with Crippen molar-refractivity contribution in [2.24, 2.45) is 0 Å². The number of rotatable bonds is 5. The van der Waals surface area contributed by atoms with Crippen LogP contribution in [0.25, 0.3) is 0 Å². The number of hydrogen-bond acceptors (Lipinski definition) is 2. The number of aryl methyl sites for hydroxylation is 1. The van der Waals surface area contributed by atoms with Crippen LogP contribution < -0.4 is 5.32 Å². The summed E-state index contributed by atoms with van der Waals surface area (Å²) in [5, 5.41) is 8.88. The summed E-state index contributed by atoms with van der Waals surface area (Å²) in [4.78, 5) is 0. The normalized spacial score (nSPS) is 12.6. The van der Waals surface area contributed by atoms with Crippen LogP contribution in [0, 0.1) is 0 Å². The summed E-state index contributed by atoms with van der Waals surface area (Å²) >= 11 is 12.0. The molecule has 1 unspecified atom stereocenters. The monoisotopic (exact) mass is 297 g/mol. The summed E-state index contributed by atoms with van der Waals surface area (Å²) in [5.41, 5.74) is 2.30. The lowest BCUT2D eigenvalue weighted by molar-refractivity contribution is 0.531. The van der Waals surface area contributed by atoms with E-state index in [1.54, 1.807) is 0 Å². The lowest BCUT2D eigenvalue weighted by Gasteiger charge is -2.15. The molecular formula is C14H17Cl2N3. The van der Waals surface area contributed by atoms with Crippen LogP contribution in [-0.2, 0) is 13.1 Å². The molecule has 102 valence electrons. The van der Waals surface area contributed by atoms with Gasteiger partial charge in [0.25, 0.3) is 0 Å². The topological polar surface area (TPSA) is 29.9 Å². The maximum atomic E-state index is 6.03. The van der Waals surface area contributed by atoms with Crippen molar-refractivity contribution >= 4 is 23.2 Å². The average molecular weight is 298 g/mol. The zero-order valence-corrected chi connectivity index (χ0v) is 12.5. The number of benzene rings is 1. The van der Waals surface area contributed by atoms with Crippen LogP contribution in [0.4, 0.5) is 0 Å². The summed E-state index contributed by atoms with van der Waals surface area (Å²) < 4.78 is 1.98. The number of nitrogens with zero attached hydrogens (tertiary/aromatic N) is 2. The SMILES string of the molecule is CCn1nccc1CNC(C)c1ccc(Cl)c(Cl)c1. The molecule has 19 heavy (non-hydrogen) atoms. The van der Waals surface area contributed by atoms with Crippen LogP contribution >= 0.6 is 23.2 Å². The summed E-state index contributed by atoms with van der Waals surface area (Å²) in [6.45, 7) is 5.84. The minimum Gasteiger partial charge on any atom is -0.305 e. The van der Waals surface area contributed by atoms with E-state index in [-0.39, 0.29) is 6.04 Å². The van der Waals surface area contributed by atoms with Crippen molar-refractivity contribution in [2.75, 3.05) is 0 Å². The molecule has 0 aliphatic rings. The summed E-state index contributed by atoms with van der Waals surface area (Å²) in [6.07, 6.45) is 1.82. The minimum atomic E-state index is 0.204. The first-order valence-corrected chi connectivity index (χ1v) is 7.06. The first kappa shape index (κ1) is 14.4. The van der Waals surface area contributed by atoms with Gasteiger partial charge >= 0.3 is 0 Å². The van der Waals surface area contributed by atoms with Crippen LogP contribution in [0.15, 0.2) is 30.5 Å². The predicted octanol–water partition coefficient (Wildman–Crippen LogP) is 4.06. The molecule has 2 aromatic rings. The van der Waals surface area contributed by atoms with Gasteiger partial charge in [-0.05, 0) is 37.6 Å². The van der Waals surface area contributed by atoms with Gasteiger partial charge < -0.3 is 5.32 Å². The van der Waals surface area contributed by atoms with E-state index in [1.165, 1.54) is 5.69 Å². The molecule has 1 aromatic carbocycles. The van der Waals surface area contributed by atoms with Gasteiger partial charge in [-0.2, -0.15) is 5.10 Å². The van der Waals surface area contributed by atoms with E-state index in [2.05, 4.69) is 24.3 Å². The zero-order valence-electron chi connectivity index (χ0n) is 11.0. The number of halogens is 2. The molecule has 5 heteroatoms. The highest BCUT2D eigenvalue weighted by Crippen LogP contribution is 2.25. The van der Waals surface area contributed by atoms with E-state index in [1.807, 2.05) is 35.1 Å². The highest BCUT2D eigenvalue weighted by molar-refractivity contribution is 6.42. The number of nitrogens with one attached hydrogen (secondary N) is 1. The minimum absolute atomic E-state index is 0.204. The van der Waals surface area contributed by atoms with Crippen LogP contribution in [0.5, 0.6) is 0 Å². The van der Waals surface area contributed by atoms with Crippen molar-refractivity contribution in [3.8, 4) is 0 Å². The van der Waals surface area contributed by atoms with Gasteiger partial charge in [0, 0.05) is 25.3 Å². The highest BCUT2D eigenvalue weighted by atomic mass is 35.5. The zero-order chi connectivity index (χ0) is 13.8. The lowest BCUT2D eigenvalue weighted by Crippen LogP contribution is -2.20. The van der Waals surface area contributed by atoms with Gasteiger partial charge in [0.15, 0.2) is 0 Å². The standard InChI is InChI=1S/C14H17Cl2N3/c1-3-19-12(6-7-18-19)9-17-10(2)11-4-5-13(15)14(16)8-11/h4-8,10,17H,3,9H2,1-2H3. The molecular weight excluding hydrogens is 281 g/mol. The number of hydrogen-bond donors (Lipinski definition) is 1. The molecule has 0 bridgehead atoms. The van der Waals surface area contributed by atoms with E-state index in [4.69, 9.17) is 23.2 Å². The molecule has 1 aromatic heterocycles. The van der Waals surface area contributed by atoms with E-state index in [0.29, 0.717) is 10.0 Å². The van der Waals surface area contributed by atoms with Gasteiger partial charge in [-0.25, -0.2) is 0 Å². The molecule has 1 atom stereocenters. The van der Waals surface area contributed by atoms with Crippen LogP contribution in [0.1, 0.15) is 31.1 Å². The molecule has 3 nitrogen and oxygen atoms in total. The third kappa shape index (κ3) is 3.50. The first-order chi connectivity index (χ1) is 9.11. The second-order valence-electron chi connectivity index (χ2n) is 4.41. The van der Waals surface area contributed by atoms with E-state index in [0.717, 1.165) is 18.7 Å². The Balaban J connectivity index is 2.01. The Labute approximate surface area is 123 Å². The highest BCUT2D eigenvalue weighted by Gasteiger charge is 2.08. The van der Waals surface area contributed by atoms with E-state index in [9.17, 15) is 0 Å². The van der Waals surface area contributed by atoms with Crippen LogP contribution in [-0.4, -0.2) is 9.78 Å². The molecule has 0 aliphatic carbocycles. The Hall–Kier alpha value is -1.03. The van der Waals surface area contributed by atoms with Crippen LogP contribution in [0.2, 0.25) is 10.0 Å². The Morgan fingerprint density at radius 1 is 1.26 bits per heavy atom. The van der Waals surface area contributed by atoms with Gasteiger partial charge in [-0.15, -0.1) is 0 Å². The predicted molar refractivity (Wildman–Crippen MR) is 79.6 cm³/mol. The molecule has 1 N–H and O–H groups in total. The van der Waals surface area contributed by atoms with Gasteiger partial charge in [-0.3, -0.25) is 4.68 Å². The first-order valence-electron chi connectivity index (χ1n) is 6.30. The fourth-order valence-corrected chi connectivity index (χ4v) is 2.26. The third-order valence-electron chi connectivity index (χ3n) is 3.14. The Bertz CT molecular complexity index is 551. The summed E-state index contributed by atoms with van der Waals surface area (Å²) in [7, 11) is 0. The fourth-order valence-electron chi connectivity index (χ4n) is 1.95. The molecule has 0 aliphatic heterocycles. The van der Waals surface area contributed by atoms with Crippen molar-refractivity contribution in [2.45, 2.75) is 33.0 Å². The molecule has 0 amide bonds. The second kappa shape index (κ2) is 6.42. The van der Waals surface area contributed by atoms with Gasteiger partial charge in [0.05, 0.1) is 15.7 Å². The molecule has 0 saturated heterocycles. The van der Waals surface area contributed by atoms with Gasteiger partial charge in [0.2, 0.25) is 0 Å². The molecule has 0 fully saturated rings. The fraction of sp³-hybridized carbons (Fsp3) is 0.357. The van der Waals surface area contributed by atoms with Crippen molar-refractivity contribution in [3.05, 3.63) is 51.8 Å². The Kier molecular flexibility index (Phi) is 4.86. The second-order valence-corrected chi connectivity index (χ2v) is 5.23. The van der Waals surface area contributed by atoms with E-state index < -0.39 is 0 Å². The average Bonchev–Trinajstić information content (AvgIpc) is 2.86. The maximum Gasteiger partial charge on any atom is 0.0595 e. The lowest BCUT2D eigenvalue weighted by atomic mass is 10.1. The summed E-state index contributed by atoms with van der Waals surface area (Å²) in [6, 6.07) is 7.95. The quantitative estimate of drug-likeness (QED) is 0.902. The Morgan fingerprint density at radius 3 is 2.74 bits per heavy atom. The van der Waals surface area contributed by atoms with Gasteiger partial charge in [0.1, 0.15) is 0 Å². The Morgan fingerprint density at radius 2 is 2.05 bits per heavy atom. The molecule has 0 radical (unpaired) electrons. The molecule has 0 spiro atoms. The smallest absolute Gasteiger partial charge is 0.0595 e. The van der Waals surface area contributed by atoms with Crippen LogP contribution in [0.3, 0.4) is 0 Å². The van der Waals surface area contributed by atoms with Crippen molar-refractivity contribution in [1.82, 2.24) is 15.1 Å². The van der Waals surface area contributed by atoms with Crippen molar-refractivity contribution < 1.29 is 0 Å².